The van der Waals surface area contributed by atoms with Gasteiger partial charge in [0.2, 0.25) is 0 Å². The van der Waals surface area contributed by atoms with Crippen LogP contribution < -0.4 is 0 Å². The van der Waals surface area contributed by atoms with E-state index in [0.29, 0.717) is 12.2 Å². The summed E-state index contributed by atoms with van der Waals surface area (Å²) in [5.41, 5.74) is 2.01. The van der Waals surface area contributed by atoms with E-state index in [2.05, 4.69) is 22.6 Å². The van der Waals surface area contributed by atoms with Gasteiger partial charge in [0.15, 0.2) is 5.78 Å². The molecule has 0 saturated heterocycles. The Labute approximate surface area is 145 Å². The second kappa shape index (κ2) is 5.22. The molecular formula is C19H23IO2. The lowest BCUT2D eigenvalue weighted by atomic mass is 9.48. The van der Waals surface area contributed by atoms with Gasteiger partial charge in [0.25, 0.3) is 0 Å². The Morgan fingerprint density at radius 3 is 2.23 bits per heavy atom. The van der Waals surface area contributed by atoms with E-state index < -0.39 is 0 Å². The standard InChI is InChI=1S/C19H23IO2/c1-2-17(21)14-6-15(18(22)16(20)7-14)19-8-11-3-12(9-19)5-13(4-11)10-19/h6-7,11-13,22H,2-5,8-10H2,1H3. The Morgan fingerprint density at radius 1 is 1.18 bits per heavy atom. The fraction of sp³-hybridized carbons (Fsp3) is 0.632. The summed E-state index contributed by atoms with van der Waals surface area (Å²) in [6, 6.07) is 3.88. The highest BCUT2D eigenvalue weighted by molar-refractivity contribution is 14.1. The number of carbonyl (C=O) groups excluding carboxylic acids is 1. The molecule has 22 heavy (non-hydrogen) atoms. The first-order valence-electron chi connectivity index (χ1n) is 8.57. The van der Waals surface area contributed by atoms with Crippen LogP contribution in [0.2, 0.25) is 0 Å². The number of aromatic hydroxyl groups is 1. The van der Waals surface area contributed by atoms with Gasteiger partial charge in [-0.25, -0.2) is 0 Å². The zero-order chi connectivity index (χ0) is 15.5. The summed E-state index contributed by atoms with van der Waals surface area (Å²) in [6.07, 6.45) is 8.35. The number of carbonyl (C=O) groups is 1. The molecule has 118 valence electrons. The number of hydrogen-bond donors (Lipinski definition) is 1. The van der Waals surface area contributed by atoms with Gasteiger partial charge in [0.05, 0.1) is 3.57 Å². The Hall–Kier alpha value is -0.580. The monoisotopic (exact) mass is 410 g/mol. The van der Waals surface area contributed by atoms with Crippen LogP contribution in [0.4, 0.5) is 0 Å². The lowest BCUT2D eigenvalue weighted by Crippen LogP contribution is -2.48. The molecule has 0 amide bonds. The molecule has 4 saturated carbocycles. The van der Waals surface area contributed by atoms with Crippen LogP contribution in [-0.4, -0.2) is 10.9 Å². The molecule has 4 bridgehead atoms. The normalized spacial score (nSPS) is 35.8. The van der Waals surface area contributed by atoms with E-state index in [0.717, 1.165) is 32.5 Å². The van der Waals surface area contributed by atoms with Crippen molar-refractivity contribution >= 4 is 28.4 Å². The number of phenols is 1. The molecule has 4 aliphatic rings. The van der Waals surface area contributed by atoms with E-state index in [4.69, 9.17) is 0 Å². The van der Waals surface area contributed by atoms with Crippen molar-refractivity contribution in [3.05, 3.63) is 26.8 Å². The first kappa shape index (κ1) is 15.0. The molecule has 0 radical (unpaired) electrons. The third-order valence-corrected chi connectivity index (χ3v) is 7.14. The lowest BCUT2D eigenvalue weighted by Gasteiger charge is -2.57. The van der Waals surface area contributed by atoms with Crippen molar-refractivity contribution in [2.45, 2.75) is 57.3 Å². The minimum Gasteiger partial charge on any atom is -0.507 e. The molecule has 4 fully saturated rings. The summed E-state index contributed by atoms with van der Waals surface area (Å²) >= 11 is 2.18. The van der Waals surface area contributed by atoms with Crippen molar-refractivity contribution in [2.75, 3.05) is 0 Å². The van der Waals surface area contributed by atoms with Gasteiger partial charge >= 0.3 is 0 Å². The van der Waals surface area contributed by atoms with E-state index in [1.54, 1.807) is 0 Å². The average molecular weight is 410 g/mol. The van der Waals surface area contributed by atoms with Gasteiger partial charge in [0.1, 0.15) is 5.75 Å². The highest BCUT2D eigenvalue weighted by Gasteiger charge is 2.52. The molecule has 0 atom stereocenters. The smallest absolute Gasteiger partial charge is 0.162 e. The van der Waals surface area contributed by atoms with Gasteiger partial charge in [0, 0.05) is 17.5 Å². The predicted molar refractivity (Wildman–Crippen MR) is 95.3 cm³/mol. The lowest BCUT2D eigenvalue weighted by molar-refractivity contribution is -0.00619. The van der Waals surface area contributed by atoms with Crippen molar-refractivity contribution in [3.8, 4) is 5.75 Å². The Kier molecular flexibility index (Phi) is 3.55. The minimum absolute atomic E-state index is 0.142. The SMILES string of the molecule is CCC(=O)c1cc(I)c(O)c(C23CC4CC(CC(C4)C2)C3)c1. The average Bonchev–Trinajstić information content (AvgIpc) is 2.47. The number of halogens is 1. The van der Waals surface area contributed by atoms with Crippen molar-refractivity contribution in [3.63, 3.8) is 0 Å². The molecule has 1 aromatic carbocycles. The topological polar surface area (TPSA) is 37.3 Å². The zero-order valence-corrected chi connectivity index (χ0v) is 15.2. The van der Waals surface area contributed by atoms with Crippen molar-refractivity contribution in [2.24, 2.45) is 17.8 Å². The van der Waals surface area contributed by atoms with E-state index in [1.165, 1.54) is 38.5 Å². The zero-order valence-electron chi connectivity index (χ0n) is 13.1. The van der Waals surface area contributed by atoms with Crippen LogP contribution in [0.15, 0.2) is 12.1 Å². The van der Waals surface area contributed by atoms with Crippen molar-refractivity contribution in [1.29, 1.82) is 0 Å². The van der Waals surface area contributed by atoms with E-state index in [9.17, 15) is 9.90 Å². The fourth-order valence-corrected chi connectivity index (χ4v) is 6.43. The highest BCUT2D eigenvalue weighted by Crippen LogP contribution is 2.62. The molecule has 1 N–H and O–H groups in total. The molecule has 3 heteroatoms. The van der Waals surface area contributed by atoms with E-state index >= 15 is 0 Å². The van der Waals surface area contributed by atoms with Crippen molar-refractivity contribution < 1.29 is 9.90 Å². The van der Waals surface area contributed by atoms with Crippen LogP contribution in [0.5, 0.6) is 5.75 Å². The Morgan fingerprint density at radius 2 is 1.73 bits per heavy atom. The maximum atomic E-state index is 12.2. The van der Waals surface area contributed by atoms with Gasteiger partial charge in [-0.05, 0) is 96.4 Å². The number of ketones is 1. The third-order valence-electron chi connectivity index (χ3n) is 6.32. The van der Waals surface area contributed by atoms with Crippen LogP contribution in [0.1, 0.15) is 67.8 Å². The molecule has 0 aliphatic heterocycles. The molecule has 0 spiro atoms. The highest BCUT2D eigenvalue weighted by atomic mass is 127. The molecule has 2 nitrogen and oxygen atoms in total. The number of benzene rings is 1. The van der Waals surface area contributed by atoms with Crippen LogP contribution in [-0.2, 0) is 5.41 Å². The Balaban J connectivity index is 1.82. The summed E-state index contributed by atoms with van der Waals surface area (Å²) in [4.78, 5) is 12.2. The van der Waals surface area contributed by atoms with Gasteiger partial charge in [-0.2, -0.15) is 0 Å². The number of Topliss-reactive ketones (excluding diaryl/α,β-unsaturated/α-hetero) is 1. The summed E-state index contributed by atoms with van der Waals surface area (Å²) in [6.45, 7) is 1.91. The summed E-state index contributed by atoms with van der Waals surface area (Å²) in [5, 5.41) is 10.7. The van der Waals surface area contributed by atoms with Crippen LogP contribution in [0, 0.1) is 21.3 Å². The minimum atomic E-state index is 0.142. The second-order valence-electron chi connectivity index (χ2n) is 7.83. The summed E-state index contributed by atoms with van der Waals surface area (Å²) in [7, 11) is 0. The molecule has 0 unspecified atom stereocenters. The van der Waals surface area contributed by atoms with Gasteiger partial charge < -0.3 is 5.11 Å². The van der Waals surface area contributed by atoms with Crippen LogP contribution in [0.25, 0.3) is 0 Å². The Bertz CT molecular complexity index is 599. The quantitative estimate of drug-likeness (QED) is 0.559. The molecule has 5 rings (SSSR count). The second-order valence-corrected chi connectivity index (χ2v) is 8.99. The summed E-state index contributed by atoms with van der Waals surface area (Å²) < 4.78 is 0.836. The van der Waals surface area contributed by atoms with Gasteiger partial charge in [-0.15, -0.1) is 0 Å². The molecule has 0 heterocycles. The van der Waals surface area contributed by atoms with E-state index in [1.807, 2.05) is 19.1 Å². The number of rotatable bonds is 3. The molecule has 4 aliphatic carbocycles. The molecule has 0 aromatic heterocycles. The van der Waals surface area contributed by atoms with Gasteiger partial charge in [-0.3, -0.25) is 4.79 Å². The first-order chi connectivity index (χ1) is 10.5. The maximum absolute atomic E-state index is 12.2. The molecule has 1 aromatic rings. The van der Waals surface area contributed by atoms with Crippen LogP contribution in [0.3, 0.4) is 0 Å². The van der Waals surface area contributed by atoms with Crippen molar-refractivity contribution in [1.82, 2.24) is 0 Å². The van der Waals surface area contributed by atoms with Gasteiger partial charge in [-0.1, -0.05) is 6.92 Å². The number of phenolic OH excluding ortho intramolecular Hbond substituents is 1. The first-order valence-corrected chi connectivity index (χ1v) is 9.65. The van der Waals surface area contributed by atoms with E-state index in [-0.39, 0.29) is 11.2 Å². The number of hydrogen-bond acceptors (Lipinski definition) is 2. The third kappa shape index (κ3) is 2.22. The summed E-state index contributed by atoms with van der Waals surface area (Å²) in [5.74, 6) is 3.15. The molecular weight excluding hydrogens is 387 g/mol. The predicted octanol–water partition coefficient (Wildman–Crippen LogP) is 5.06. The largest absolute Gasteiger partial charge is 0.507 e. The maximum Gasteiger partial charge on any atom is 0.162 e. The fourth-order valence-electron chi connectivity index (χ4n) is 5.81. The van der Waals surface area contributed by atoms with Crippen LogP contribution >= 0.6 is 22.6 Å².